The summed E-state index contributed by atoms with van der Waals surface area (Å²) in [5, 5.41) is 6.39. The first-order valence-electron chi connectivity index (χ1n) is 10.5. The third kappa shape index (κ3) is 2.78. The van der Waals surface area contributed by atoms with Crippen molar-refractivity contribution < 1.29 is 14.0 Å². The van der Waals surface area contributed by atoms with E-state index in [0.29, 0.717) is 6.54 Å². The smallest absolute Gasteiger partial charge is 0.254 e. The molecule has 6 heteroatoms. The maximum atomic E-state index is 13.2. The number of halogens is 1. The zero-order valence-corrected chi connectivity index (χ0v) is 16.7. The minimum absolute atomic E-state index is 0.171. The molecule has 0 spiro atoms. The molecule has 154 valence electrons. The van der Waals surface area contributed by atoms with Crippen molar-refractivity contribution >= 4 is 28.9 Å². The fraction of sp³-hybridized carbons (Fsp3) is 0.240. The number of para-hydroxylation sites is 1. The molecule has 2 aliphatic carbocycles. The molecule has 3 aromatic rings. The van der Waals surface area contributed by atoms with Crippen molar-refractivity contribution in [1.82, 2.24) is 9.58 Å². The Bertz CT molecular complexity index is 1240. The highest BCUT2D eigenvalue weighted by atomic mass is 19.1. The maximum Gasteiger partial charge on any atom is 0.254 e. The van der Waals surface area contributed by atoms with E-state index in [1.165, 1.54) is 12.1 Å². The number of hydrazone groups is 1. The molecule has 31 heavy (non-hydrogen) atoms. The summed E-state index contributed by atoms with van der Waals surface area (Å²) in [4.78, 5) is 25.7. The zero-order valence-electron chi connectivity index (χ0n) is 16.7. The van der Waals surface area contributed by atoms with E-state index in [1.54, 1.807) is 18.3 Å². The van der Waals surface area contributed by atoms with Gasteiger partial charge in [0.1, 0.15) is 5.82 Å². The quantitative estimate of drug-likeness (QED) is 0.369. The van der Waals surface area contributed by atoms with Gasteiger partial charge in [0.05, 0.1) is 18.1 Å². The number of amides is 2. The lowest BCUT2D eigenvalue weighted by Crippen LogP contribution is -2.28. The van der Waals surface area contributed by atoms with Gasteiger partial charge in [-0.3, -0.25) is 9.59 Å². The van der Waals surface area contributed by atoms with Gasteiger partial charge in [-0.2, -0.15) is 10.1 Å². The van der Waals surface area contributed by atoms with Crippen LogP contribution in [0, 0.1) is 29.5 Å². The molecule has 1 saturated heterocycles. The minimum atomic E-state index is -0.262. The Morgan fingerprint density at radius 3 is 2.35 bits per heavy atom. The van der Waals surface area contributed by atoms with Crippen molar-refractivity contribution in [2.75, 3.05) is 0 Å². The molecule has 1 aliphatic heterocycles. The number of fused-ring (bicyclic) bond motifs is 6. The van der Waals surface area contributed by atoms with Crippen LogP contribution in [0.3, 0.4) is 0 Å². The van der Waals surface area contributed by atoms with Gasteiger partial charge in [0.2, 0.25) is 0 Å². The molecule has 4 atom stereocenters. The molecular formula is C25H20FN3O2. The van der Waals surface area contributed by atoms with Gasteiger partial charge in [-0.25, -0.2) is 4.39 Å². The lowest BCUT2D eigenvalue weighted by molar-refractivity contribution is -0.140. The molecule has 2 fully saturated rings. The highest BCUT2D eigenvalue weighted by Crippen LogP contribution is 2.52. The molecule has 0 radical (unpaired) electrons. The first kappa shape index (κ1) is 18.2. The molecule has 6 rings (SSSR count). The predicted octanol–water partition coefficient (Wildman–Crippen LogP) is 3.97. The number of rotatable bonds is 4. The second-order valence-corrected chi connectivity index (χ2v) is 8.59. The standard InChI is InChI=1S/C25H20FN3O2/c26-19-9-5-15(6-10-19)13-28-14-18(20-3-1-2-4-21(20)28)12-27-29-24(30)22-16-7-8-17(11-16)23(22)25(29)31/h1-10,12,14,16-17,22-23H,11,13H2/t16-,17-,22-,23+/m0/s1. The summed E-state index contributed by atoms with van der Waals surface area (Å²) in [6.07, 6.45) is 8.62. The second-order valence-electron chi connectivity index (χ2n) is 8.59. The molecule has 0 N–H and O–H groups in total. The fourth-order valence-corrected chi connectivity index (χ4v) is 5.42. The normalized spacial score (nSPS) is 26.7. The van der Waals surface area contributed by atoms with Gasteiger partial charge in [-0.05, 0) is 42.0 Å². The summed E-state index contributed by atoms with van der Waals surface area (Å²) in [6, 6.07) is 14.3. The van der Waals surface area contributed by atoms with E-state index in [4.69, 9.17) is 0 Å². The first-order chi connectivity index (χ1) is 15.1. The van der Waals surface area contributed by atoms with E-state index in [-0.39, 0.29) is 41.3 Å². The highest BCUT2D eigenvalue weighted by molar-refractivity contribution is 6.07. The summed E-state index contributed by atoms with van der Waals surface area (Å²) in [5.74, 6) is -0.786. The van der Waals surface area contributed by atoms with Crippen LogP contribution in [0.15, 0.2) is 72.0 Å². The Hall–Kier alpha value is -3.54. The van der Waals surface area contributed by atoms with Crippen molar-refractivity contribution in [2.45, 2.75) is 13.0 Å². The molecular weight excluding hydrogens is 393 g/mol. The number of imide groups is 1. The molecule has 2 amide bonds. The third-order valence-corrected chi connectivity index (χ3v) is 6.84. The van der Waals surface area contributed by atoms with Gasteiger partial charge in [0.25, 0.3) is 11.8 Å². The molecule has 2 bridgehead atoms. The molecule has 0 unspecified atom stereocenters. The van der Waals surface area contributed by atoms with Crippen LogP contribution >= 0.6 is 0 Å². The van der Waals surface area contributed by atoms with Crippen molar-refractivity contribution in [3.63, 3.8) is 0 Å². The van der Waals surface area contributed by atoms with Gasteiger partial charge in [0.15, 0.2) is 0 Å². The number of allylic oxidation sites excluding steroid dienone is 2. The van der Waals surface area contributed by atoms with Crippen LogP contribution in [0.4, 0.5) is 4.39 Å². The Morgan fingerprint density at radius 2 is 1.65 bits per heavy atom. The maximum absolute atomic E-state index is 13.2. The van der Waals surface area contributed by atoms with Crippen LogP contribution in [0.25, 0.3) is 10.9 Å². The predicted molar refractivity (Wildman–Crippen MR) is 115 cm³/mol. The molecule has 1 aromatic heterocycles. The number of nitrogens with zero attached hydrogens (tertiary/aromatic N) is 3. The summed E-state index contributed by atoms with van der Waals surface area (Å²) in [7, 11) is 0. The van der Waals surface area contributed by atoms with E-state index >= 15 is 0 Å². The molecule has 3 aliphatic rings. The summed E-state index contributed by atoms with van der Waals surface area (Å²) in [6.45, 7) is 0.579. The van der Waals surface area contributed by atoms with Crippen molar-refractivity contribution in [1.29, 1.82) is 0 Å². The van der Waals surface area contributed by atoms with Gasteiger partial charge in [-0.1, -0.05) is 42.5 Å². The summed E-state index contributed by atoms with van der Waals surface area (Å²) in [5.41, 5.74) is 2.81. The van der Waals surface area contributed by atoms with Crippen LogP contribution in [0.2, 0.25) is 0 Å². The van der Waals surface area contributed by atoms with E-state index in [2.05, 4.69) is 21.8 Å². The Labute approximate surface area is 178 Å². The lowest BCUT2D eigenvalue weighted by atomic mass is 9.85. The number of hydrogen-bond acceptors (Lipinski definition) is 3. The zero-order chi connectivity index (χ0) is 21.1. The van der Waals surface area contributed by atoms with E-state index in [0.717, 1.165) is 33.5 Å². The summed E-state index contributed by atoms with van der Waals surface area (Å²) < 4.78 is 15.3. The number of aromatic nitrogens is 1. The monoisotopic (exact) mass is 413 g/mol. The lowest BCUT2D eigenvalue weighted by Gasteiger charge is -2.13. The van der Waals surface area contributed by atoms with Gasteiger partial charge >= 0.3 is 0 Å². The van der Waals surface area contributed by atoms with Gasteiger partial charge in [-0.15, -0.1) is 0 Å². The average molecular weight is 413 g/mol. The average Bonchev–Trinajstić information content (AvgIpc) is 3.53. The number of carbonyl (C=O) groups excluding carboxylic acids is 2. The number of benzene rings is 2. The number of hydrogen-bond donors (Lipinski definition) is 0. The van der Waals surface area contributed by atoms with Gasteiger partial charge in [0, 0.05) is 29.2 Å². The third-order valence-electron chi connectivity index (χ3n) is 6.84. The molecule has 5 nitrogen and oxygen atoms in total. The fourth-order valence-electron chi connectivity index (χ4n) is 5.42. The Morgan fingerprint density at radius 1 is 0.968 bits per heavy atom. The van der Waals surface area contributed by atoms with Crippen LogP contribution in [-0.4, -0.2) is 27.6 Å². The van der Waals surface area contributed by atoms with Crippen LogP contribution in [-0.2, 0) is 16.1 Å². The second kappa shape index (κ2) is 6.74. The van der Waals surface area contributed by atoms with Crippen molar-refractivity contribution in [3.8, 4) is 0 Å². The van der Waals surface area contributed by atoms with E-state index in [9.17, 15) is 14.0 Å². The molecule has 2 aromatic carbocycles. The van der Waals surface area contributed by atoms with Crippen molar-refractivity contribution in [2.24, 2.45) is 28.8 Å². The van der Waals surface area contributed by atoms with E-state index < -0.39 is 0 Å². The highest BCUT2D eigenvalue weighted by Gasteiger charge is 2.59. The number of carbonyl (C=O) groups is 2. The largest absolute Gasteiger partial charge is 0.342 e. The topological polar surface area (TPSA) is 54.7 Å². The van der Waals surface area contributed by atoms with Crippen LogP contribution in [0.5, 0.6) is 0 Å². The SMILES string of the molecule is O=C1[C@@H]2[C@H](C(=O)N1N=Cc1cn(Cc3ccc(F)cc3)c3ccccc13)[C@H]1C=C[C@H]2C1. The van der Waals surface area contributed by atoms with Crippen LogP contribution in [0.1, 0.15) is 17.5 Å². The minimum Gasteiger partial charge on any atom is -0.342 e. The Kier molecular flexibility index (Phi) is 3.96. The summed E-state index contributed by atoms with van der Waals surface area (Å²) >= 11 is 0. The van der Waals surface area contributed by atoms with Crippen molar-refractivity contribution in [3.05, 3.63) is 83.8 Å². The first-order valence-corrected chi connectivity index (χ1v) is 10.5. The Balaban J connectivity index is 1.31. The molecule has 1 saturated carbocycles. The molecule has 2 heterocycles. The van der Waals surface area contributed by atoms with Gasteiger partial charge < -0.3 is 4.57 Å². The van der Waals surface area contributed by atoms with Crippen LogP contribution < -0.4 is 0 Å². The van der Waals surface area contributed by atoms with E-state index in [1.807, 2.05) is 30.5 Å².